The molecule has 0 aromatic carbocycles. The molecule has 150 valence electrons. The molecule has 1 heterocycles. The molecule has 0 spiro atoms. The molecule has 3 aliphatic carbocycles. The first-order chi connectivity index (χ1) is 12.4. The van der Waals surface area contributed by atoms with Crippen molar-refractivity contribution in [2.45, 2.75) is 91.2 Å². The second-order valence-corrected chi connectivity index (χ2v) is 26.2. The summed E-state index contributed by atoms with van der Waals surface area (Å²) in [4.78, 5) is 20.0. The molecule has 3 fully saturated rings. The van der Waals surface area contributed by atoms with Crippen LogP contribution in [0.4, 0.5) is 0 Å². The van der Waals surface area contributed by atoms with Crippen LogP contribution in [-0.2, 0) is 9.53 Å². The molecule has 4 rings (SSSR count). The number of carbonyl (C=O) groups excluding carboxylic acids is 1. The zero-order valence-corrected chi connectivity index (χ0v) is 20.6. The second kappa shape index (κ2) is 5.87. The number of fused-ring (bicyclic) bond motifs is 1. The topological polar surface area (TPSA) is 46.5 Å². The Morgan fingerprint density at radius 1 is 1.26 bits per heavy atom. The normalized spacial score (nSPS) is 46.2. The predicted molar refractivity (Wildman–Crippen MR) is 111 cm³/mol. The molecule has 0 aromatic rings. The van der Waals surface area contributed by atoms with Crippen LogP contribution in [0.5, 0.6) is 0 Å². The van der Waals surface area contributed by atoms with Crippen LogP contribution in [0, 0.1) is 16.7 Å². The molecule has 2 bridgehead atoms. The van der Waals surface area contributed by atoms with Crippen LogP contribution < -0.4 is 0 Å². The minimum absolute atomic E-state index is 0.0249. The summed E-state index contributed by atoms with van der Waals surface area (Å²) in [5.41, 5.74) is -0.114. The van der Waals surface area contributed by atoms with Crippen LogP contribution >= 0.6 is 0 Å². The van der Waals surface area contributed by atoms with Gasteiger partial charge in [0.15, 0.2) is 0 Å². The van der Waals surface area contributed by atoms with E-state index in [0.717, 1.165) is 44.9 Å². The molecule has 1 saturated heterocycles. The maximum atomic E-state index is 12.8. The van der Waals surface area contributed by atoms with Crippen LogP contribution in [0.3, 0.4) is 0 Å². The van der Waals surface area contributed by atoms with Crippen molar-refractivity contribution in [1.82, 2.24) is 0 Å². The quantitative estimate of drug-likeness (QED) is 0.346. The number of aliphatic hydroxyl groups is 1. The van der Waals surface area contributed by atoms with Gasteiger partial charge in [-0.05, 0) is 0 Å². The molecule has 1 aliphatic heterocycles. The van der Waals surface area contributed by atoms with Crippen molar-refractivity contribution < 1.29 is 14.6 Å². The average molecular weight is 479 g/mol. The first-order valence-electron chi connectivity index (χ1n) is 10.7. The Morgan fingerprint density at radius 2 is 1.96 bits per heavy atom. The Kier molecular flexibility index (Phi) is 4.35. The van der Waals surface area contributed by atoms with Crippen molar-refractivity contribution in [3.8, 4) is 0 Å². The van der Waals surface area contributed by atoms with Crippen molar-refractivity contribution in [3.63, 3.8) is 0 Å². The summed E-state index contributed by atoms with van der Waals surface area (Å²) < 4.78 is 7.61. The summed E-state index contributed by atoms with van der Waals surface area (Å²) >= 11 is -2.21. The summed E-state index contributed by atoms with van der Waals surface area (Å²) in [6.07, 6.45) is 9.44. The van der Waals surface area contributed by atoms with Gasteiger partial charge in [-0.2, -0.15) is 0 Å². The van der Waals surface area contributed by atoms with E-state index in [1.54, 1.807) is 0 Å². The van der Waals surface area contributed by atoms with E-state index in [1.807, 2.05) is 0 Å². The van der Waals surface area contributed by atoms with Gasteiger partial charge in [-0.1, -0.05) is 0 Å². The fourth-order valence-electron chi connectivity index (χ4n) is 6.59. The Labute approximate surface area is 168 Å². The van der Waals surface area contributed by atoms with Gasteiger partial charge in [0.25, 0.3) is 0 Å². The van der Waals surface area contributed by atoms with E-state index in [1.165, 1.54) is 9.16 Å². The molecule has 3 nitrogen and oxygen atoms in total. The second-order valence-electron chi connectivity index (χ2n) is 11.3. The molecule has 1 N–H and O–H groups in total. The van der Waals surface area contributed by atoms with Gasteiger partial charge in [-0.15, -0.1) is 0 Å². The third-order valence-electron chi connectivity index (χ3n) is 8.77. The zero-order chi connectivity index (χ0) is 19.9. The van der Waals surface area contributed by atoms with Gasteiger partial charge in [0.1, 0.15) is 0 Å². The first kappa shape index (κ1) is 20.0. The Bertz CT molecular complexity index is 734. The van der Waals surface area contributed by atoms with E-state index < -0.39 is 24.0 Å². The molecule has 0 amide bonds. The van der Waals surface area contributed by atoms with Gasteiger partial charge in [0.05, 0.1) is 0 Å². The summed E-state index contributed by atoms with van der Waals surface area (Å²) in [5.74, 6) is 0.323. The fourth-order valence-corrected chi connectivity index (χ4v) is 9.04. The summed E-state index contributed by atoms with van der Waals surface area (Å²) in [5, 5.41) is 11.4. The molecular formula is C23H36O3Sn. The van der Waals surface area contributed by atoms with Crippen LogP contribution in [-0.4, -0.2) is 40.7 Å². The third-order valence-corrected chi connectivity index (χ3v) is 15.3. The SMILES string of the molecule is C=[C](C[C@@]1(O)CC[C@@]2(C)C(=CC[C@@H]3[C@@]4(C)CCC[C@]32OC4=O)C1)[Sn]([CH3])([CH3])[CH3]. The van der Waals surface area contributed by atoms with Crippen molar-refractivity contribution in [2.75, 3.05) is 0 Å². The van der Waals surface area contributed by atoms with Crippen LogP contribution in [0.25, 0.3) is 0 Å². The molecule has 4 aliphatic rings. The molecule has 0 radical (unpaired) electrons. The number of ether oxygens (including phenoxy) is 1. The number of esters is 1. The summed E-state index contributed by atoms with van der Waals surface area (Å²) in [6.45, 7) is 8.79. The van der Waals surface area contributed by atoms with E-state index in [0.29, 0.717) is 12.3 Å². The minimum atomic E-state index is -2.21. The number of hydrogen-bond donors (Lipinski definition) is 1. The Morgan fingerprint density at radius 3 is 2.63 bits per heavy atom. The molecule has 2 saturated carbocycles. The molecule has 0 aromatic heterocycles. The van der Waals surface area contributed by atoms with E-state index in [4.69, 9.17) is 4.74 Å². The van der Waals surface area contributed by atoms with Gasteiger partial charge in [0.2, 0.25) is 0 Å². The molecule has 27 heavy (non-hydrogen) atoms. The van der Waals surface area contributed by atoms with E-state index >= 15 is 0 Å². The first-order valence-corrected chi connectivity index (χ1v) is 20.7. The van der Waals surface area contributed by atoms with E-state index in [9.17, 15) is 9.90 Å². The van der Waals surface area contributed by atoms with Crippen LogP contribution in [0.2, 0.25) is 14.8 Å². The number of rotatable bonds is 3. The van der Waals surface area contributed by atoms with Gasteiger partial charge in [-0.3, -0.25) is 0 Å². The molecule has 5 atom stereocenters. The Balaban J connectivity index is 1.66. The van der Waals surface area contributed by atoms with Crippen molar-refractivity contribution in [2.24, 2.45) is 16.7 Å². The predicted octanol–water partition coefficient (Wildman–Crippen LogP) is 5.16. The number of hydrogen-bond acceptors (Lipinski definition) is 3. The molecule has 4 heteroatoms. The third kappa shape index (κ3) is 2.66. The van der Waals surface area contributed by atoms with Gasteiger partial charge in [0, 0.05) is 0 Å². The van der Waals surface area contributed by atoms with Crippen molar-refractivity contribution in [1.29, 1.82) is 0 Å². The zero-order valence-electron chi connectivity index (χ0n) is 17.8. The Hall–Kier alpha value is -0.291. The monoisotopic (exact) mass is 480 g/mol. The van der Waals surface area contributed by atoms with Gasteiger partial charge in [-0.25, -0.2) is 0 Å². The molecular weight excluding hydrogens is 443 g/mol. The number of carbonyl (C=O) groups is 1. The maximum absolute atomic E-state index is 12.8. The fraction of sp³-hybridized carbons (Fsp3) is 0.783. The standard InChI is InChI=1S/C20H27O3.3CH3.Sn/c1-4-8-19(22)12-11-18(3)14(13-19)6-7-15-17(2)9-5-10-20(15,18)23-16(17)21;;;;/h6,15,22H,1,5,7-13H2,2-3H3;3*1H3;/t15-,17-,18+,19-,20+;;;;/m1..../s1. The van der Waals surface area contributed by atoms with E-state index in [-0.39, 0.29) is 22.4 Å². The summed E-state index contributed by atoms with van der Waals surface area (Å²) in [6, 6.07) is 0. The van der Waals surface area contributed by atoms with Crippen molar-refractivity contribution >= 4 is 24.3 Å². The van der Waals surface area contributed by atoms with Crippen molar-refractivity contribution in [3.05, 3.63) is 21.8 Å². The summed E-state index contributed by atoms with van der Waals surface area (Å²) in [7, 11) is 0. The van der Waals surface area contributed by atoms with Crippen LogP contribution in [0.15, 0.2) is 21.8 Å². The van der Waals surface area contributed by atoms with Gasteiger partial charge >= 0.3 is 169 Å². The number of allylic oxidation sites excluding steroid dienone is 1. The van der Waals surface area contributed by atoms with Crippen LogP contribution in [0.1, 0.15) is 65.2 Å². The van der Waals surface area contributed by atoms with E-state index in [2.05, 4.69) is 41.3 Å². The average Bonchev–Trinajstić information content (AvgIpc) is 2.67. The van der Waals surface area contributed by atoms with Gasteiger partial charge < -0.3 is 0 Å². The molecule has 0 unspecified atom stereocenters.